The highest BCUT2D eigenvalue weighted by molar-refractivity contribution is 7.26. The van der Waals surface area contributed by atoms with E-state index in [1.165, 1.54) is 69.9 Å². The zero-order valence-electron chi connectivity index (χ0n) is 22.5. The molecule has 0 atom stereocenters. The molecule has 0 saturated carbocycles. The molecular formula is C38H28N2S. The van der Waals surface area contributed by atoms with Crippen molar-refractivity contribution in [1.29, 1.82) is 0 Å². The van der Waals surface area contributed by atoms with Gasteiger partial charge in [0.1, 0.15) is 0 Å². The summed E-state index contributed by atoms with van der Waals surface area (Å²) in [6.45, 7) is 1.67. The molecule has 3 heteroatoms. The van der Waals surface area contributed by atoms with E-state index in [0.29, 0.717) is 0 Å². The maximum absolute atomic E-state index is 3.62. The summed E-state index contributed by atoms with van der Waals surface area (Å²) in [7, 11) is 0. The van der Waals surface area contributed by atoms with Crippen LogP contribution >= 0.6 is 11.3 Å². The van der Waals surface area contributed by atoms with Gasteiger partial charge in [-0.15, -0.1) is 11.3 Å². The molecule has 0 radical (unpaired) electrons. The van der Waals surface area contributed by atoms with Crippen molar-refractivity contribution in [2.75, 3.05) is 0 Å². The Morgan fingerprint density at radius 1 is 0.512 bits per heavy atom. The maximum atomic E-state index is 3.62. The van der Waals surface area contributed by atoms with Crippen molar-refractivity contribution in [3.63, 3.8) is 0 Å². The lowest BCUT2D eigenvalue weighted by Gasteiger charge is -2.12. The molecule has 196 valence electrons. The lowest BCUT2D eigenvalue weighted by Crippen LogP contribution is -2.12. The number of nitrogens with zero attached hydrogens (tertiary/aromatic N) is 1. The van der Waals surface area contributed by atoms with Crippen LogP contribution in [0.3, 0.4) is 0 Å². The maximum Gasteiger partial charge on any atom is 0.0547 e. The molecule has 2 nitrogen and oxygen atoms in total. The zero-order chi connectivity index (χ0) is 27.2. The fourth-order valence-corrected chi connectivity index (χ4v) is 7.38. The van der Waals surface area contributed by atoms with Gasteiger partial charge in [-0.3, -0.25) is 0 Å². The summed E-state index contributed by atoms with van der Waals surface area (Å²) >= 11 is 1.89. The van der Waals surface area contributed by atoms with Crippen LogP contribution in [0.2, 0.25) is 0 Å². The van der Waals surface area contributed by atoms with Gasteiger partial charge < -0.3 is 9.88 Å². The molecule has 2 aromatic heterocycles. The van der Waals surface area contributed by atoms with E-state index in [1.807, 2.05) is 11.3 Å². The molecular weight excluding hydrogens is 516 g/mol. The van der Waals surface area contributed by atoms with Crippen LogP contribution in [0.25, 0.3) is 58.8 Å². The molecule has 0 spiro atoms. The van der Waals surface area contributed by atoms with Gasteiger partial charge >= 0.3 is 0 Å². The van der Waals surface area contributed by atoms with Crippen LogP contribution in [0, 0.1) is 0 Å². The van der Waals surface area contributed by atoms with E-state index < -0.39 is 0 Å². The van der Waals surface area contributed by atoms with Crippen LogP contribution < -0.4 is 5.32 Å². The molecule has 8 rings (SSSR count). The Morgan fingerprint density at radius 2 is 1.22 bits per heavy atom. The number of para-hydroxylation sites is 1. The van der Waals surface area contributed by atoms with Gasteiger partial charge in [-0.25, -0.2) is 0 Å². The number of aromatic nitrogens is 1. The van der Waals surface area contributed by atoms with Crippen molar-refractivity contribution in [2.24, 2.45) is 0 Å². The molecule has 1 N–H and O–H groups in total. The Morgan fingerprint density at radius 3 is 2.15 bits per heavy atom. The van der Waals surface area contributed by atoms with Crippen LogP contribution in [0.1, 0.15) is 11.1 Å². The molecule has 0 aliphatic carbocycles. The van der Waals surface area contributed by atoms with Crippen LogP contribution in [-0.4, -0.2) is 4.57 Å². The van der Waals surface area contributed by atoms with E-state index in [4.69, 9.17) is 0 Å². The minimum Gasteiger partial charge on any atom is -0.309 e. The zero-order valence-corrected chi connectivity index (χ0v) is 23.4. The Bertz CT molecular complexity index is 2190. The van der Waals surface area contributed by atoms with Gasteiger partial charge in [0.05, 0.1) is 11.0 Å². The van der Waals surface area contributed by atoms with E-state index in [2.05, 4.69) is 149 Å². The van der Waals surface area contributed by atoms with Gasteiger partial charge in [0, 0.05) is 49.7 Å². The molecule has 8 aromatic rings. The summed E-state index contributed by atoms with van der Waals surface area (Å²) in [5.41, 5.74) is 8.77. The molecule has 0 fully saturated rings. The molecule has 0 unspecified atom stereocenters. The summed E-state index contributed by atoms with van der Waals surface area (Å²) < 4.78 is 5.12. The van der Waals surface area contributed by atoms with Crippen LogP contribution in [-0.2, 0) is 13.1 Å². The topological polar surface area (TPSA) is 17.0 Å². The van der Waals surface area contributed by atoms with Crippen molar-refractivity contribution in [1.82, 2.24) is 9.88 Å². The number of hydrogen-bond acceptors (Lipinski definition) is 2. The van der Waals surface area contributed by atoms with Gasteiger partial charge in [-0.1, -0.05) is 109 Å². The lowest BCUT2D eigenvalue weighted by molar-refractivity contribution is 0.693. The van der Waals surface area contributed by atoms with Crippen LogP contribution in [0.4, 0.5) is 0 Å². The van der Waals surface area contributed by atoms with Crippen molar-refractivity contribution in [3.05, 3.63) is 151 Å². The number of benzene rings is 6. The highest BCUT2D eigenvalue weighted by Gasteiger charge is 2.15. The average Bonchev–Trinajstić information content (AvgIpc) is 3.57. The van der Waals surface area contributed by atoms with Crippen molar-refractivity contribution < 1.29 is 0 Å². The summed E-state index contributed by atoms with van der Waals surface area (Å²) in [4.78, 5) is 0. The molecule has 6 aromatic carbocycles. The van der Waals surface area contributed by atoms with Gasteiger partial charge in [0.15, 0.2) is 0 Å². The van der Waals surface area contributed by atoms with Crippen molar-refractivity contribution in [3.8, 4) is 16.8 Å². The number of hydrogen-bond donors (Lipinski definition) is 1. The SMILES string of the molecule is c1ccc(CNCc2cccc(-n3c4ccccc4c4ccc(-c5cccc6c5sc5ccccc56)cc43)c2)cc1. The molecule has 2 heterocycles. The summed E-state index contributed by atoms with van der Waals surface area (Å²) in [6, 6.07) is 50.7. The van der Waals surface area contributed by atoms with Crippen molar-refractivity contribution >= 4 is 53.3 Å². The molecule has 0 aliphatic rings. The second-order valence-corrected chi connectivity index (χ2v) is 11.7. The standard InChI is InChI=1S/C38H28N2S/c1-2-10-26(11-3-1)24-39-25-27-12-8-13-29(22-27)40-35-18-6-4-14-31(35)32-21-20-28(23-36(32)40)30-16-9-17-34-33-15-5-7-19-37(33)41-38(30)34/h1-23,39H,24-25H2. The number of fused-ring (bicyclic) bond motifs is 6. The Kier molecular flexibility index (Phi) is 5.91. The van der Waals surface area contributed by atoms with E-state index in [1.54, 1.807) is 0 Å². The third kappa shape index (κ3) is 4.22. The Balaban J connectivity index is 1.25. The molecule has 0 bridgehead atoms. The van der Waals surface area contributed by atoms with Gasteiger partial charge in [-0.2, -0.15) is 0 Å². The fourth-order valence-electron chi connectivity index (χ4n) is 6.14. The monoisotopic (exact) mass is 544 g/mol. The predicted molar refractivity (Wildman–Crippen MR) is 176 cm³/mol. The number of thiophene rings is 1. The van der Waals surface area contributed by atoms with Crippen LogP contribution in [0.5, 0.6) is 0 Å². The molecule has 0 aliphatic heterocycles. The first kappa shape index (κ1) is 24.1. The van der Waals surface area contributed by atoms with E-state index in [-0.39, 0.29) is 0 Å². The van der Waals surface area contributed by atoms with E-state index in [9.17, 15) is 0 Å². The normalized spacial score (nSPS) is 11.7. The van der Waals surface area contributed by atoms with Gasteiger partial charge in [-0.05, 0) is 52.6 Å². The third-order valence-electron chi connectivity index (χ3n) is 8.06. The largest absolute Gasteiger partial charge is 0.309 e. The third-order valence-corrected chi connectivity index (χ3v) is 9.28. The Labute approximate surface area is 243 Å². The van der Waals surface area contributed by atoms with Gasteiger partial charge in [0.2, 0.25) is 0 Å². The minimum absolute atomic E-state index is 0.819. The molecule has 0 saturated heterocycles. The average molecular weight is 545 g/mol. The predicted octanol–water partition coefficient (Wildman–Crippen LogP) is 10.1. The van der Waals surface area contributed by atoms with Crippen LogP contribution in [0.15, 0.2) is 140 Å². The summed E-state index contributed by atoms with van der Waals surface area (Å²) in [6.07, 6.45) is 0. The second-order valence-electron chi connectivity index (χ2n) is 10.6. The summed E-state index contributed by atoms with van der Waals surface area (Å²) in [5.74, 6) is 0. The summed E-state index contributed by atoms with van der Waals surface area (Å²) in [5, 5.41) is 8.84. The van der Waals surface area contributed by atoms with E-state index in [0.717, 1.165) is 13.1 Å². The highest BCUT2D eigenvalue weighted by Crippen LogP contribution is 2.41. The molecule has 0 amide bonds. The van der Waals surface area contributed by atoms with Gasteiger partial charge in [0.25, 0.3) is 0 Å². The lowest BCUT2D eigenvalue weighted by atomic mass is 10.0. The fraction of sp³-hybridized carbons (Fsp3) is 0.0526. The quantitative estimate of drug-likeness (QED) is 0.220. The number of nitrogens with one attached hydrogen (secondary N) is 1. The van der Waals surface area contributed by atoms with Crippen molar-refractivity contribution in [2.45, 2.75) is 13.1 Å². The first-order chi connectivity index (χ1) is 20.3. The highest BCUT2D eigenvalue weighted by atomic mass is 32.1. The first-order valence-corrected chi connectivity index (χ1v) is 14.9. The Hall–Kier alpha value is -4.70. The first-order valence-electron chi connectivity index (χ1n) is 14.1. The molecule has 41 heavy (non-hydrogen) atoms. The number of rotatable bonds is 6. The second kappa shape index (κ2) is 10.0. The smallest absolute Gasteiger partial charge is 0.0547 e. The minimum atomic E-state index is 0.819. The van der Waals surface area contributed by atoms with E-state index >= 15 is 0 Å².